The van der Waals surface area contributed by atoms with E-state index in [1.165, 1.54) is 12.8 Å². The standard InChI is InChI=1S/C12H28N2/c1-7-10(4)14(9-3)11(5)12(8-2)13-6/h10-13H,7-9H2,1-6H3. The zero-order valence-corrected chi connectivity index (χ0v) is 10.8. The maximum atomic E-state index is 3.40. The summed E-state index contributed by atoms with van der Waals surface area (Å²) in [7, 11) is 2.06. The summed E-state index contributed by atoms with van der Waals surface area (Å²) >= 11 is 0. The van der Waals surface area contributed by atoms with Crippen LogP contribution in [0.2, 0.25) is 0 Å². The van der Waals surface area contributed by atoms with Crippen molar-refractivity contribution in [2.75, 3.05) is 13.6 Å². The molecular weight excluding hydrogens is 172 g/mol. The minimum absolute atomic E-state index is 0.615. The molecule has 0 aliphatic heterocycles. The fourth-order valence-corrected chi connectivity index (χ4v) is 2.25. The summed E-state index contributed by atoms with van der Waals surface area (Å²) in [5.74, 6) is 0. The molecule has 3 unspecified atom stereocenters. The summed E-state index contributed by atoms with van der Waals surface area (Å²) < 4.78 is 0. The van der Waals surface area contributed by atoms with Crippen LogP contribution >= 0.6 is 0 Å². The molecular formula is C12H28N2. The second kappa shape index (κ2) is 7.24. The van der Waals surface area contributed by atoms with Gasteiger partial charge in [-0.15, -0.1) is 0 Å². The Morgan fingerprint density at radius 2 is 1.64 bits per heavy atom. The largest absolute Gasteiger partial charge is 0.315 e. The molecule has 0 amide bonds. The lowest BCUT2D eigenvalue weighted by Crippen LogP contribution is -2.50. The Morgan fingerprint density at radius 1 is 1.07 bits per heavy atom. The van der Waals surface area contributed by atoms with Gasteiger partial charge in [0, 0.05) is 18.1 Å². The van der Waals surface area contributed by atoms with Gasteiger partial charge in [0.25, 0.3) is 0 Å². The highest BCUT2D eigenvalue weighted by molar-refractivity contribution is 4.81. The molecule has 0 radical (unpaired) electrons. The summed E-state index contributed by atoms with van der Waals surface area (Å²) in [6.45, 7) is 12.6. The fourth-order valence-electron chi connectivity index (χ4n) is 2.25. The van der Waals surface area contributed by atoms with Crippen LogP contribution in [-0.4, -0.2) is 36.6 Å². The van der Waals surface area contributed by atoms with E-state index in [9.17, 15) is 0 Å². The van der Waals surface area contributed by atoms with Gasteiger partial charge >= 0.3 is 0 Å². The molecule has 0 bridgehead atoms. The van der Waals surface area contributed by atoms with E-state index in [0.717, 1.165) is 6.54 Å². The van der Waals surface area contributed by atoms with Gasteiger partial charge in [-0.05, 0) is 40.3 Å². The zero-order valence-electron chi connectivity index (χ0n) is 10.8. The van der Waals surface area contributed by atoms with E-state index in [4.69, 9.17) is 0 Å². The second-order valence-corrected chi connectivity index (χ2v) is 4.13. The van der Waals surface area contributed by atoms with Gasteiger partial charge in [0.05, 0.1) is 0 Å². The smallest absolute Gasteiger partial charge is 0.0223 e. The van der Waals surface area contributed by atoms with Crippen LogP contribution in [0, 0.1) is 0 Å². The molecule has 0 aliphatic rings. The highest BCUT2D eigenvalue weighted by atomic mass is 15.2. The average molecular weight is 200 g/mol. The Morgan fingerprint density at radius 3 is 1.93 bits per heavy atom. The van der Waals surface area contributed by atoms with Crippen LogP contribution in [0.25, 0.3) is 0 Å². The minimum atomic E-state index is 0.615. The molecule has 0 saturated carbocycles. The molecule has 0 saturated heterocycles. The fraction of sp³-hybridized carbons (Fsp3) is 1.00. The molecule has 0 aliphatic carbocycles. The SMILES string of the molecule is CCC(NC)C(C)N(CC)C(C)CC. The molecule has 3 atom stereocenters. The number of rotatable bonds is 7. The van der Waals surface area contributed by atoms with Crippen LogP contribution < -0.4 is 5.32 Å². The number of hydrogen-bond acceptors (Lipinski definition) is 2. The van der Waals surface area contributed by atoms with Gasteiger partial charge in [-0.3, -0.25) is 4.90 Å². The summed E-state index contributed by atoms with van der Waals surface area (Å²) in [6.07, 6.45) is 2.43. The van der Waals surface area contributed by atoms with Gasteiger partial charge in [-0.2, -0.15) is 0 Å². The molecule has 0 aromatic heterocycles. The summed E-state index contributed by atoms with van der Waals surface area (Å²) in [5.41, 5.74) is 0. The van der Waals surface area contributed by atoms with E-state index in [1.54, 1.807) is 0 Å². The lowest BCUT2D eigenvalue weighted by molar-refractivity contribution is 0.128. The highest BCUT2D eigenvalue weighted by Gasteiger charge is 2.22. The maximum Gasteiger partial charge on any atom is 0.0223 e. The third-order valence-corrected chi connectivity index (χ3v) is 3.44. The summed E-state index contributed by atoms with van der Waals surface area (Å²) in [6, 6.07) is 1.94. The molecule has 0 heterocycles. The number of nitrogens with zero attached hydrogens (tertiary/aromatic N) is 1. The van der Waals surface area contributed by atoms with Crippen LogP contribution in [0.4, 0.5) is 0 Å². The van der Waals surface area contributed by atoms with E-state index < -0.39 is 0 Å². The van der Waals surface area contributed by atoms with Crippen molar-refractivity contribution < 1.29 is 0 Å². The van der Waals surface area contributed by atoms with Crippen LogP contribution in [0.5, 0.6) is 0 Å². The Kier molecular flexibility index (Phi) is 7.20. The van der Waals surface area contributed by atoms with Crippen molar-refractivity contribution in [1.82, 2.24) is 10.2 Å². The van der Waals surface area contributed by atoms with Gasteiger partial charge < -0.3 is 5.32 Å². The van der Waals surface area contributed by atoms with Gasteiger partial charge in [0.2, 0.25) is 0 Å². The Bertz CT molecular complexity index is 132. The van der Waals surface area contributed by atoms with Crippen molar-refractivity contribution in [2.45, 2.75) is 65.6 Å². The van der Waals surface area contributed by atoms with Crippen LogP contribution in [0.1, 0.15) is 47.5 Å². The predicted molar refractivity (Wildman–Crippen MR) is 64.7 cm³/mol. The maximum absolute atomic E-state index is 3.40. The van der Waals surface area contributed by atoms with Gasteiger partial charge in [0.15, 0.2) is 0 Å². The Labute approximate surface area is 90.1 Å². The topological polar surface area (TPSA) is 15.3 Å². The first kappa shape index (κ1) is 13.9. The monoisotopic (exact) mass is 200 g/mol. The van der Waals surface area contributed by atoms with E-state index in [0.29, 0.717) is 18.1 Å². The molecule has 0 aromatic rings. The van der Waals surface area contributed by atoms with Crippen LogP contribution in [0.15, 0.2) is 0 Å². The van der Waals surface area contributed by atoms with E-state index in [-0.39, 0.29) is 0 Å². The van der Waals surface area contributed by atoms with Gasteiger partial charge in [-0.1, -0.05) is 20.8 Å². The van der Waals surface area contributed by atoms with Crippen LogP contribution in [-0.2, 0) is 0 Å². The molecule has 0 aromatic carbocycles. The van der Waals surface area contributed by atoms with Gasteiger partial charge in [-0.25, -0.2) is 0 Å². The number of hydrogen-bond donors (Lipinski definition) is 1. The summed E-state index contributed by atoms with van der Waals surface area (Å²) in [4.78, 5) is 2.59. The van der Waals surface area contributed by atoms with E-state index in [1.807, 2.05) is 0 Å². The minimum Gasteiger partial charge on any atom is -0.315 e. The van der Waals surface area contributed by atoms with Crippen molar-refractivity contribution in [3.63, 3.8) is 0 Å². The second-order valence-electron chi connectivity index (χ2n) is 4.13. The molecule has 14 heavy (non-hydrogen) atoms. The zero-order chi connectivity index (χ0) is 11.1. The van der Waals surface area contributed by atoms with Crippen molar-refractivity contribution in [1.29, 1.82) is 0 Å². The van der Waals surface area contributed by atoms with Crippen LogP contribution in [0.3, 0.4) is 0 Å². The first-order valence-electron chi connectivity index (χ1n) is 6.05. The number of likely N-dealkylation sites (N-methyl/N-ethyl adjacent to an activating group) is 2. The number of nitrogens with one attached hydrogen (secondary N) is 1. The van der Waals surface area contributed by atoms with E-state index in [2.05, 4.69) is 51.9 Å². The highest BCUT2D eigenvalue weighted by Crippen LogP contribution is 2.13. The van der Waals surface area contributed by atoms with E-state index >= 15 is 0 Å². The normalized spacial score (nSPS) is 18.2. The van der Waals surface area contributed by atoms with Gasteiger partial charge in [0.1, 0.15) is 0 Å². The molecule has 0 fully saturated rings. The van der Waals surface area contributed by atoms with Crippen molar-refractivity contribution in [3.8, 4) is 0 Å². The molecule has 1 N–H and O–H groups in total. The molecule has 2 nitrogen and oxygen atoms in total. The Balaban J connectivity index is 4.34. The van der Waals surface area contributed by atoms with Crippen molar-refractivity contribution >= 4 is 0 Å². The third kappa shape index (κ3) is 3.58. The predicted octanol–water partition coefficient (Wildman–Crippen LogP) is 2.49. The Hall–Kier alpha value is -0.0800. The molecule has 0 spiro atoms. The lowest BCUT2D eigenvalue weighted by atomic mass is 10.0. The average Bonchev–Trinajstić information content (AvgIpc) is 2.20. The molecule has 0 rings (SSSR count). The first-order chi connectivity index (χ1) is 6.62. The molecule has 86 valence electrons. The quantitative estimate of drug-likeness (QED) is 0.679. The summed E-state index contributed by atoms with van der Waals surface area (Å²) in [5, 5.41) is 3.40. The third-order valence-electron chi connectivity index (χ3n) is 3.44. The first-order valence-corrected chi connectivity index (χ1v) is 6.05. The molecule has 2 heteroatoms. The lowest BCUT2D eigenvalue weighted by Gasteiger charge is -2.37. The van der Waals surface area contributed by atoms with Crippen molar-refractivity contribution in [3.05, 3.63) is 0 Å². The van der Waals surface area contributed by atoms with Crippen molar-refractivity contribution in [2.24, 2.45) is 0 Å².